The van der Waals surface area contributed by atoms with E-state index in [-0.39, 0.29) is 17.3 Å². The van der Waals surface area contributed by atoms with Gasteiger partial charge in [-0.1, -0.05) is 60.1 Å². The van der Waals surface area contributed by atoms with Gasteiger partial charge in [-0.05, 0) is 12.3 Å². The molecule has 1 atom stereocenters. The third-order valence-electron chi connectivity index (χ3n) is 3.67. The van der Waals surface area contributed by atoms with Gasteiger partial charge in [-0.15, -0.1) is 0 Å². The number of hydrogen-bond donors (Lipinski definition) is 0. The van der Waals surface area contributed by atoms with Gasteiger partial charge in [-0.3, -0.25) is 8.90 Å². The Labute approximate surface area is 127 Å². The van der Waals surface area contributed by atoms with E-state index in [0.29, 0.717) is 6.42 Å². The van der Waals surface area contributed by atoms with Crippen LogP contribution in [0.15, 0.2) is 0 Å². The van der Waals surface area contributed by atoms with Crippen LogP contribution in [0.3, 0.4) is 0 Å². The fourth-order valence-corrected chi connectivity index (χ4v) is 36.2. The molecule has 0 fully saturated rings. The number of Topliss-reactive ketones (excluding diaryl/α,β-unsaturated/α-hetero) is 1. The first-order valence-corrected chi connectivity index (χ1v) is 18.2. The summed E-state index contributed by atoms with van der Waals surface area (Å²) in [6.45, 7) is 20.1. The van der Waals surface area contributed by atoms with E-state index < -0.39 is 22.9 Å². The number of rotatable bonds is 6. The Morgan fingerprint density at radius 2 is 1.40 bits per heavy atom. The van der Waals surface area contributed by atoms with Crippen LogP contribution in [0.25, 0.3) is 0 Å². The number of halogens is 1. The molecule has 0 N–H and O–H groups in total. The predicted molar refractivity (Wildman–Crippen MR) is 93.2 cm³/mol. The Balaban J connectivity index is 5.59. The van der Waals surface area contributed by atoms with Crippen molar-refractivity contribution in [3.8, 4) is 0 Å². The largest absolute Gasteiger partial charge is 0.392 e. The average Bonchev–Trinajstić information content (AvgIpc) is 2.10. The molecule has 0 radical (unpaired) electrons. The van der Waals surface area contributed by atoms with Crippen LogP contribution in [0.4, 0.5) is 4.11 Å². The van der Waals surface area contributed by atoms with Crippen LogP contribution in [-0.4, -0.2) is 34.8 Å². The fourth-order valence-electron chi connectivity index (χ4n) is 2.46. The van der Waals surface area contributed by atoms with Crippen LogP contribution >= 0.6 is 0 Å². The summed E-state index contributed by atoms with van der Waals surface area (Å²) in [6.07, 6.45) is 0.00652. The molecular formula is C14H33FO2Si3. The number of carbonyl (C=O) groups is 1. The molecule has 120 valence electrons. The predicted octanol–water partition coefficient (Wildman–Crippen LogP) is 4.64. The van der Waals surface area contributed by atoms with Gasteiger partial charge in [0.15, 0.2) is 0 Å². The molecule has 1 unspecified atom stereocenters. The molecule has 0 aliphatic carbocycles. The van der Waals surface area contributed by atoms with Crippen molar-refractivity contribution < 1.29 is 13.3 Å². The summed E-state index contributed by atoms with van der Waals surface area (Å²) in [5, 5.41) is 0. The second-order valence-electron chi connectivity index (χ2n) is 8.97. The molecule has 0 saturated heterocycles. The highest BCUT2D eigenvalue weighted by Crippen LogP contribution is 2.37. The summed E-state index contributed by atoms with van der Waals surface area (Å²) in [5.74, 6) is 0.0763. The molecule has 20 heavy (non-hydrogen) atoms. The minimum absolute atomic E-state index is 0.0763. The Hall–Kier alpha value is 0.211. The monoisotopic (exact) mass is 336 g/mol. The summed E-state index contributed by atoms with van der Waals surface area (Å²) in [5.41, 5.74) is -0.213. The molecule has 2 nitrogen and oxygen atoms in total. The smallest absolute Gasteiger partial charge is 0.342 e. The second-order valence-corrected chi connectivity index (χ2v) is 33.8. The van der Waals surface area contributed by atoms with E-state index in [4.69, 9.17) is 4.43 Å². The maximum Gasteiger partial charge on any atom is 0.342 e. The highest BCUT2D eigenvalue weighted by atomic mass is 29.7. The number of carbonyl (C=O) groups excluding carboxylic acids is 1. The van der Waals surface area contributed by atoms with Crippen molar-refractivity contribution in [3.63, 3.8) is 0 Å². The summed E-state index contributed by atoms with van der Waals surface area (Å²) in [7, 11) is -7.34. The fraction of sp³-hybridized carbons (Fsp3) is 0.929. The zero-order valence-electron chi connectivity index (χ0n) is 15.0. The molecule has 0 bridgehead atoms. The Morgan fingerprint density at radius 1 is 1.05 bits per heavy atom. The topological polar surface area (TPSA) is 26.3 Å². The van der Waals surface area contributed by atoms with Crippen LogP contribution in [0, 0.1) is 5.41 Å². The van der Waals surface area contributed by atoms with Crippen LogP contribution in [-0.2, 0) is 9.22 Å². The van der Waals surface area contributed by atoms with E-state index in [1.165, 1.54) is 0 Å². The Kier molecular flexibility index (Phi) is 6.21. The minimum Gasteiger partial charge on any atom is -0.392 e. The highest BCUT2D eigenvalue weighted by molar-refractivity contribution is 7.64. The SMILES string of the molecule is CC(=O)CC(O[Si](F)([Si](C)(C)C)[Si](C)(C)C)C(C)(C)C. The molecular weight excluding hydrogens is 303 g/mol. The van der Waals surface area contributed by atoms with Gasteiger partial charge in [0.2, 0.25) is 0 Å². The van der Waals surface area contributed by atoms with Gasteiger partial charge in [0.25, 0.3) is 0 Å². The first kappa shape index (κ1) is 20.2. The third-order valence-corrected chi connectivity index (χ3v) is 33.9. The highest BCUT2D eigenvalue weighted by Gasteiger charge is 2.60. The van der Waals surface area contributed by atoms with Crippen LogP contribution < -0.4 is 0 Å². The summed E-state index contributed by atoms with van der Waals surface area (Å²) < 4.78 is 22.2. The molecule has 0 saturated carbocycles. The molecule has 0 aromatic carbocycles. The lowest BCUT2D eigenvalue weighted by Gasteiger charge is -2.46. The van der Waals surface area contributed by atoms with Crippen molar-refractivity contribution >= 4 is 28.7 Å². The van der Waals surface area contributed by atoms with Gasteiger partial charge < -0.3 is 4.43 Å². The van der Waals surface area contributed by atoms with E-state index >= 15 is 4.11 Å². The van der Waals surface area contributed by atoms with Gasteiger partial charge in [0.1, 0.15) is 21.0 Å². The summed E-state index contributed by atoms with van der Waals surface area (Å²) in [6, 6.07) is 0. The van der Waals surface area contributed by atoms with Gasteiger partial charge in [0.05, 0.1) is 6.10 Å². The molecule has 0 rings (SSSR count). The second kappa shape index (κ2) is 6.14. The zero-order chi connectivity index (χ0) is 16.6. The molecule has 0 aliphatic heterocycles. The van der Waals surface area contributed by atoms with Crippen molar-refractivity contribution in [3.05, 3.63) is 0 Å². The maximum atomic E-state index is 16.0. The van der Waals surface area contributed by atoms with Gasteiger partial charge in [-0.25, -0.2) is 0 Å². The molecule has 0 spiro atoms. The van der Waals surface area contributed by atoms with Gasteiger partial charge in [-0.2, -0.15) is 0 Å². The molecule has 0 aromatic rings. The molecule has 6 heteroatoms. The molecule has 0 heterocycles. The van der Waals surface area contributed by atoms with E-state index in [2.05, 4.69) is 39.3 Å². The maximum absolute atomic E-state index is 16.0. The molecule has 0 amide bonds. The lowest BCUT2D eigenvalue weighted by molar-refractivity contribution is -0.120. The Morgan fingerprint density at radius 3 is 1.60 bits per heavy atom. The van der Waals surface area contributed by atoms with Crippen molar-refractivity contribution in [2.45, 2.75) is 79.5 Å². The lowest BCUT2D eigenvalue weighted by Crippen LogP contribution is -2.72. The minimum atomic E-state index is -3.27. The van der Waals surface area contributed by atoms with Crippen LogP contribution in [0.1, 0.15) is 34.1 Å². The Bertz CT molecular complexity index is 337. The quantitative estimate of drug-likeness (QED) is 0.521. The lowest BCUT2D eigenvalue weighted by atomic mass is 9.86. The third kappa shape index (κ3) is 4.89. The summed E-state index contributed by atoms with van der Waals surface area (Å²) in [4.78, 5) is 11.5. The van der Waals surface area contributed by atoms with Crippen molar-refractivity contribution in [2.24, 2.45) is 5.41 Å². The van der Waals surface area contributed by atoms with Gasteiger partial charge in [0, 0.05) is 6.42 Å². The first-order chi connectivity index (χ1) is 8.52. The molecule has 0 aromatic heterocycles. The van der Waals surface area contributed by atoms with E-state index in [1.54, 1.807) is 6.92 Å². The van der Waals surface area contributed by atoms with Crippen LogP contribution in [0.2, 0.25) is 39.3 Å². The first-order valence-electron chi connectivity index (χ1n) is 7.38. The number of ketones is 1. The van der Waals surface area contributed by atoms with Crippen molar-refractivity contribution in [1.82, 2.24) is 0 Å². The van der Waals surface area contributed by atoms with E-state index in [1.807, 2.05) is 20.8 Å². The van der Waals surface area contributed by atoms with Crippen molar-refractivity contribution in [2.75, 3.05) is 0 Å². The normalized spacial score (nSPS) is 16.1. The van der Waals surface area contributed by atoms with Crippen LogP contribution in [0.5, 0.6) is 0 Å². The molecule has 0 aliphatic rings. The zero-order valence-corrected chi connectivity index (χ0v) is 18.0. The standard InChI is InChI=1S/C14H33FO2Si3/c1-12(16)11-13(14(2,3)4)17-20(15,18(5,6)7)19(8,9)10/h13H,11H2,1-10H3. The number of hydrogen-bond acceptors (Lipinski definition) is 2. The van der Waals surface area contributed by atoms with Gasteiger partial charge >= 0.3 is 7.69 Å². The van der Waals surface area contributed by atoms with Crippen molar-refractivity contribution in [1.29, 1.82) is 0 Å². The van der Waals surface area contributed by atoms with E-state index in [0.717, 1.165) is 0 Å². The summed E-state index contributed by atoms with van der Waals surface area (Å²) >= 11 is 0. The average molecular weight is 337 g/mol. The van der Waals surface area contributed by atoms with E-state index in [9.17, 15) is 4.79 Å².